The molecule has 0 spiro atoms. The van der Waals surface area contributed by atoms with E-state index in [0.29, 0.717) is 36.0 Å². The lowest BCUT2D eigenvalue weighted by atomic mass is 9.93. The predicted molar refractivity (Wildman–Crippen MR) is 91.2 cm³/mol. The molecule has 1 aliphatic heterocycles. The van der Waals surface area contributed by atoms with Gasteiger partial charge in [-0.25, -0.2) is 0 Å². The van der Waals surface area contributed by atoms with Gasteiger partial charge in [0.1, 0.15) is 11.9 Å². The predicted octanol–water partition coefficient (Wildman–Crippen LogP) is 1.21. The number of carbonyl (C=O) groups excluding carboxylic acids is 1. The molecule has 0 radical (unpaired) electrons. The molecule has 1 amide bonds. The van der Waals surface area contributed by atoms with Gasteiger partial charge in [-0.05, 0) is 18.4 Å². The van der Waals surface area contributed by atoms with E-state index in [-0.39, 0.29) is 18.4 Å². The minimum Gasteiger partial charge on any atom is -0.380 e. The number of nitrogens with zero attached hydrogens (tertiary/aromatic N) is 6. The maximum absolute atomic E-state index is 12.1. The van der Waals surface area contributed by atoms with Crippen LogP contribution in [0.25, 0.3) is 22.1 Å². The van der Waals surface area contributed by atoms with Gasteiger partial charge in [0.25, 0.3) is 0 Å². The zero-order chi connectivity index (χ0) is 17.6. The lowest BCUT2D eigenvalue weighted by molar-refractivity contribution is -0.132. The van der Waals surface area contributed by atoms with Gasteiger partial charge in [-0.3, -0.25) is 9.48 Å². The van der Waals surface area contributed by atoms with Crippen molar-refractivity contribution in [2.24, 2.45) is 5.92 Å². The summed E-state index contributed by atoms with van der Waals surface area (Å²) < 4.78 is 1.88. The highest BCUT2D eigenvalue weighted by atomic mass is 16.2. The third kappa shape index (κ3) is 2.38. The lowest BCUT2D eigenvalue weighted by Crippen LogP contribution is -2.44. The highest BCUT2D eigenvalue weighted by Crippen LogP contribution is 2.34. The third-order valence-corrected chi connectivity index (χ3v) is 4.96. The van der Waals surface area contributed by atoms with Crippen LogP contribution in [0, 0.1) is 17.2 Å². The number of likely N-dealkylation sites (tertiary alicyclic amines) is 1. The molecule has 1 fully saturated rings. The zero-order valence-electron chi connectivity index (χ0n) is 13.8. The van der Waals surface area contributed by atoms with Gasteiger partial charge >= 0.3 is 0 Å². The molecule has 3 aromatic rings. The zero-order valence-corrected chi connectivity index (χ0v) is 13.8. The van der Waals surface area contributed by atoms with Gasteiger partial charge in [0.2, 0.25) is 5.91 Å². The van der Waals surface area contributed by atoms with Crippen LogP contribution in [0.1, 0.15) is 25.8 Å². The molecular formula is C16H18N8O. The first-order valence-electron chi connectivity index (χ1n) is 8.22. The van der Waals surface area contributed by atoms with Crippen molar-refractivity contribution < 1.29 is 4.79 Å². The van der Waals surface area contributed by atoms with E-state index in [9.17, 15) is 4.79 Å². The minimum atomic E-state index is -0.143. The third-order valence-electron chi connectivity index (χ3n) is 4.96. The Balaban J connectivity index is 1.81. The number of H-pyrrole nitrogens is 1. The maximum Gasteiger partial charge on any atom is 0.236 e. The van der Waals surface area contributed by atoms with Crippen LogP contribution < -0.4 is 5.73 Å². The van der Waals surface area contributed by atoms with Crippen LogP contribution in [0.5, 0.6) is 0 Å². The van der Waals surface area contributed by atoms with Crippen molar-refractivity contribution in [3.05, 3.63) is 12.3 Å². The van der Waals surface area contributed by atoms with E-state index >= 15 is 0 Å². The Hall–Kier alpha value is -3.15. The van der Waals surface area contributed by atoms with E-state index in [1.165, 1.54) is 0 Å². The van der Waals surface area contributed by atoms with Gasteiger partial charge in [0.05, 0.1) is 12.1 Å². The first-order chi connectivity index (χ1) is 12.1. The van der Waals surface area contributed by atoms with Crippen LogP contribution in [0.2, 0.25) is 0 Å². The van der Waals surface area contributed by atoms with E-state index in [1.807, 2.05) is 16.8 Å². The number of nitriles is 1. The lowest BCUT2D eigenvalue weighted by Gasteiger charge is -2.37. The van der Waals surface area contributed by atoms with E-state index in [4.69, 9.17) is 11.0 Å². The summed E-state index contributed by atoms with van der Waals surface area (Å²) in [6, 6.07) is 3.83. The second kappa shape index (κ2) is 5.73. The van der Waals surface area contributed by atoms with Crippen molar-refractivity contribution >= 4 is 33.8 Å². The van der Waals surface area contributed by atoms with Crippen molar-refractivity contribution in [1.29, 1.82) is 5.26 Å². The summed E-state index contributed by atoms with van der Waals surface area (Å²) in [5.74, 6) is 0.504. The number of hydrogen-bond acceptors (Lipinski definition) is 6. The first kappa shape index (κ1) is 15.4. The Morgan fingerprint density at radius 2 is 2.36 bits per heavy atom. The van der Waals surface area contributed by atoms with Crippen LogP contribution in [0.15, 0.2) is 12.3 Å². The quantitative estimate of drug-likeness (QED) is 0.722. The molecule has 9 heteroatoms. The number of nitrogens with two attached hydrogens (primary N) is 1. The Morgan fingerprint density at radius 1 is 1.52 bits per heavy atom. The summed E-state index contributed by atoms with van der Waals surface area (Å²) >= 11 is 0. The SMILES string of the molecule is CC1CCN(C(=O)CC#N)CC1n1nc(N)c2nnc3[nH]ccc3c21. The number of nitrogens with one attached hydrogen (secondary N) is 1. The number of anilines is 1. The number of aromatic nitrogens is 5. The molecule has 3 aromatic heterocycles. The fourth-order valence-corrected chi connectivity index (χ4v) is 3.54. The van der Waals surface area contributed by atoms with E-state index in [0.717, 1.165) is 17.3 Å². The summed E-state index contributed by atoms with van der Waals surface area (Å²) in [7, 11) is 0. The van der Waals surface area contributed by atoms with E-state index in [2.05, 4.69) is 27.2 Å². The second-order valence-electron chi connectivity index (χ2n) is 6.47. The number of fused-ring (bicyclic) bond motifs is 3. The number of amides is 1. The largest absolute Gasteiger partial charge is 0.380 e. The Morgan fingerprint density at radius 3 is 3.16 bits per heavy atom. The Kier molecular flexibility index (Phi) is 3.53. The first-order valence-corrected chi connectivity index (χ1v) is 8.22. The molecule has 2 atom stereocenters. The summed E-state index contributed by atoms with van der Waals surface area (Å²) in [5, 5.41) is 22.5. The van der Waals surface area contributed by atoms with Gasteiger partial charge < -0.3 is 15.6 Å². The van der Waals surface area contributed by atoms with Gasteiger partial charge in [-0.2, -0.15) is 10.4 Å². The molecule has 1 aliphatic rings. The number of rotatable bonds is 2. The van der Waals surface area contributed by atoms with Gasteiger partial charge in [0.15, 0.2) is 17.0 Å². The monoisotopic (exact) mass is 338 g/mol. The fourth-order valence-electron chi connectivity index (χ4n) is 3.54. The van der Waals surface area contributed by atoms with Crippen molar-refractivity contribution in [2.75, 3.05) is 18.8 Å². The van der Waals surface area contributed by atoms with Gasteiger partial charge in [-0.15, -0.1) is 10.2 Å². The molecule has 1 saturated heterocycles. The standard InChI is InChI=1S/C16H18N8O/c1-9-4-7-23(12(25)2-5-17)8-11(9)24-14-10-3-6-19-16(10)21-20-13(14)15(18)22-24/h3,6,9,11H,2,4,7-8H2,1H3,(H2,18,22)(H,19,21). The summed E-state index contributed by atoms with van der Waals surface area (Å²) in [6.45, 7) is 3.31. The summed E-state index contributed by atoms with van der Waals surface area (Å²) in [6.07, 6.45) is 2.55. The Labute approximate surface area is 143 Å². The van der Waals surface area contributed by atoms with Gasteiger partial charge in [0, 0.05) is 24.7 Å². The average Bonchev–Trinajstić information content (AvgIpc) is 3.20. The number of hydrogen-bond donors (Lipinski definition) is 2. The highest BCUT2D eigenvalue weighted by molar-refractivity contribution is 6.03. The molecule has 2 unspecified atom stereocenters. The van der Waals surface area contributed by atoms with Crippen LogP contribution in [0.4, 0.5) is 5.82 Å². The molecule has 4 heterocycles. The molecule has 3 N–H and O–H groups in total. The fraction of sp³-hybridized carbons (Fsp3) is 0.438. The van der Waals surface area contributed by atoms with Crippen molar-refractivity contribution in [3.63, 3.8) is 0 Å². The van der Waals surface area contributed by atoms with Crippen LogP contribution in [0.3, 0.4) is 0 Å². The van der Waals surface area contributed by atoms with Crippen LogP contribution in [-0.2, 0) is 4.79 Å². The minimum absolute atomic E-state index is 0.0292. The molecule has 0 aromatic carbocycles. The van der Waals surface area contributed by atoms with Crippen molar-refractivity contribution in [1.82, 2.24) is 29.9 Å². The molecular weight excluding hydrogens is 320 g/mol. The highest BCUT2D eigenvalue weighted by Gasteiger charge is 2.32. The Bertz CT molecular complexity index is 997. The second-order valence-corrected chi connectivity index (χ2v) is 6.47. The van der Waals surface area contributed by atoms with Crippen LogP contribution >= 0.6 is 0 Å². The number of piperidine rings is 1. The number of nitrogen functional groups attached to an aromatic ring is 1. The summed E-state index contributed by atoms with van der Waals surface area (Å²) in [5.41, 5.74) is 8.14. The maximum atomic E-state index is 12.1. The van der Waals surface area contributed by atoms with E-state index in [1.54, 1.807) is 11.1 Å². The molecule has 4 rings (SSSR count). The van der Waals surface area contributed by atoms with E-state index < -0.39 is 0 Å². The molecule has 25 heavy (non-hydrogen) atoms. The number of carbonyl (C=O) groups is 1. The topological polar surface area (TPSA) is 130 Å². The van der Waals surface area contributed by atoms with Gasteiger partial charge in [-0.1, -0.05) is 6.92 Å². The van der Waals surface area contributed by atoms with Crippen molar-refractivity contribution in [2.45, 2.75) is 25.8 Å². The number of aromatic amines is 1. The molecule has 0 saturated carbocycles. The molecule has 128 valence electrons. The van der Waals surface area contributed by atoms with Crippen LogP contribution in [-0.4, -0.2) is 48.9 Å². The van der Waals surface area contributed by atoms with Crippen molar-refractivity contribution in [3.8, 4) is 6.07 Å². The molecule has 0 bridgehead atoms. The normalized spacial score (nSPS) is 20.9. The average molecular weight is 338 g/mol. The molecule has 9 nitrogen and oxygen atoms in total. The molecule has 0 aliphatic carbocycles. The summed E-state index contributed by atoms with van der Waals surface area (Å²) in [4.78, 5) is 16.9. The smallest absolute Gasteiger partial charge is 0.236 e.